The third-order valence-corrected chi connectivity index (χ3v) is 3.22. The van der Waals surface area contributed by atoms with Gasteiger partial charge in [0, 0.05) is 24.8 Å². The van der Waals surface area contributed by atoms with Crippen LogP contribution >= 0.6 is 0 Å². The molecule has 1 heterocycles. The van der Waals surface area contributed by atoms with E-state index in [1.54, 1.807) is 4.68 Å². The van der Waals surface area contributed by atoms with Gasteiger partial charge >= 0.3 is 0 Å². The van der Waals surface area contributed by atoms with Crippen LogP contribution in [-0.4, -0.2) is 16.3 Å². The summed E-state index contributed by atoms with van der Waals surface area (Å²) >= 11 is 0. The second-order valence-corrected chi connectivity index (χ2v) is 5.06. The summed E-state index contributed by atoms with van der Waals surface area (Å²) < 4.78 is 7.60. The van der Waals surface area contributed by atoms with Crippen LogP contribution in [0.3, 0.4) is 0 Å². The molecule has 1 unspecified atom stereocenters. The summed E-state index contributed by atoms with van der Waals surface area (Å²) in [5.74, 6) is 0.900. The first-order valence-corrected chi connectivity index (χ1v) is 7.12. The van der Waals surface area contributed by atoms with Gasteiger partial charge in [0.05, 0.1) is 6.20 Å². The van der Waals surface area contributed by atoms with E-state index in [-0.39, 0.29) is 0 Å². The minimum Gasteiger partial charge on any atom is -0.489 e. The molecule has 108 valence electrons. The van der Waals surface area contributed by atoms with E-state index in [0.717, 1.165) is 24.3 Å². The van der Waals surface area contributed by atoms with Gasteiger partial charge in [0.15, 0.2) is 0 Å². The zero-order valence-corrected chi connectivity index (χ0v) is 12.5. The fraction of sp³-hybridized carbons (Fsp3) is 0.438. The van der Waals surface area contributed by atoms with E-state index in [1.165, 1.54) is 5.56 Å². The van der Waals surface area contributed by atoms with Crippen LogP contribution in [-0.2, 0) is 13.7 Å². The molecule has 1 atom stereocenters. The maximum atomic E-state index is 5.82. The lowest BCUT2D eigenvalue weighted by Gasteiger charge is -2.15. The number of nitrogens with zero attached hydrogens (tertiary/aromatic N) is 2. The predicted octanol–water partition coefficient (Wildman–Crippen LogP) is 3.06. The number of ether oxygens (including phenoxy) is 1. The number of aromatic nitrogens is 2. The van der Waals surface area contributed by atoms with Gasteiger partial charge in [0.25, 0.3) is 0 Å². The van der Waals surface area contributed by atoms with Gasteiger partial charge in [-0.3, -0.25) is 4.68 Å². The smallest absolute Gasteiger partial charge is 0.120 e. The summed E-state index contributed by atoms with van der Waals surface area (Å²) in [5, 5.41) is 7.62. The highest BCUT2D eigenvalue weighted by Gasteiger charge is 2.05. The lowest BCUT2D eigenvalue weighted by Crippen LogP contribution is -2.19. The standard InChI is InChI=1S/C16H23N3O/c1-4-8-17-13(2)15-6-5-7-16(9-15)20-12-14-10-18-19(3)11-14/h5-7,9-11,13,17H,4,8,12H2,1-3H3. The molecule has 4 nitrogen and oxygen atoms in total. The van der Waals surface area contributed by atoms with Crippen LogP contribution in [0.15, 0.2) is 36.7 Å². The van der Waals surface area contributed by atoms with Crippen molar-refractivity contribution < 1.29 is 4.74 Å². The van der Waals surface area contributed by atoms with Gasteiger partial charge in [0.1, 0.15) is 12.4 Å². The fourth-order valence-electron chi connectivity index (χ4n) is 2.07. The molecule has 1 aromatic heterocycles. The molecule has 1 N–H and O–H groups in total. The van der Waals surface area contributed by atoms with Gasteiger partial charge in [-0.05, 0) is 37.6 Å². The Morgan fingerprint density at radius 3 is 2.95 bits per heavy atom. The third kappa shape index (κ3) is 4.10. The summed E-state index contributed by atoms with van der Waals surface area (Å²) in [6.45, 7) is 5.93. The topological polar surface area (TPSA) is 39.1 Å². The Morgan fingerprint density at radius 1 is 1.40 bits per heavy atom. The molecule has 0 spiro atoms. The van der Waals surface area contributed by atoms with Crippen LogP contribution < -0.4 is 10.1 Å². The molecular formula is C16H23N3O. The van der Waals surface area contributed by atoms with Crippen LogP contribution in [0, 0.1) is 0 Å². The first-order chi connectivity index (χ1) is 9.69. The summed E-state index contributed by atoms with van der Waals surface area (Å²) in [5.41, 5.74) is 2.33. The predicted molar refractivity (Wildman–Crippen MR) is 80.7 cm³/mol. The number of nitrogens with one attached hydrogen (secondary N) is 1. The quantitative estimate of drug-likeness (QED) is 0.842. The molecule has 2 rings (SSSR count). The zero-order chi connectivity index (χ0) is 14.4. The molecule has 2 aromatic rings. The summed E-state index contributed by atoms with van der Waals surface area (Å²) in [4.78, 5) is 0. The van der Waals surface area contributed by atoms with E-state index in [9.17, 15) is 0 Å². The van der Waals surface area contributed by atoms with Gasteiger partial charge in [-0.1, -0.05) is 19.1 Å². The Hall–Kier alpha value is -1.81. The highest BCUT2D eigenvalue weighted by Crippen LogP contribution is 2.20. The molecule has 0 radical (unpaired) electrons. The van der Waals surface area contributed by atoms with Crippen LogP contribution in [0.4, 0.5) is 0 Å². The van der Waals surface area contributed by atoms with E-state index in [1.807, 2.05) is 31.6 Å². The molecule has 4 heteroatoms. The Bertz CT molecular complexity index is 536. The SMILES string of the molecule is CCCNC(C)c1cccc(OCc2cnn(C)c2)c1. The average molecular weight is 273 g/mol. The van der Waals surface area contributed by atoms with Crippen LogP contribution in [0.5, 0.6) is 5.75 Å². The van der Waals surface area contributed by atoms with Crippen LogP contribution in [0.25, 0.3) is 0 Å². The van der Waals surface area contributed by atoms with E-state index < -0.39 is 0 Å². The molecule has 0 aliphatic rings. The Kier molecular flexibility index (Phi) is 5.18. The molecule has 0 saturated carbocycles. The van der Waals surface area contributed by atoms with Crippen LogP contribution in [0.1, 0.15) is 37.4 Å². The van der Waals surface area contributed by atoms with Crippen molar-refractivity contribution in [3.8, 4) is 5.75 Å². The zero-order valence-electron chi connectivity index (χ0n) is 12.5. The van der Waals surface area contributed by atoms with Gasteiger partial charge in [-0.15, -0.1) is 0 Å². The van der Waals surface area contributed by atoms with Crippen molar-refractivity contribution in [2.24, 2.45) is 7.05 Å². The number of aryl methyl sites for hydroxylation is 1. The monoisotopic (exact) mass is 273 g/mol. The second-order valence-electron chi connectivity index (χ2n) is 5.06. The number of rotatable bonds is 7. The van der Waals surface area contributed by atoms with Crippen LogP contribution in [0.2, 0.25) is 0 Å². The summed E-state index contributed by atoms with van der Waals surface area (Å²) in [7, 11) is 1.91. The molecule has 0 fully saturated rings. The molecule has 0 amide bonds. The van der Waals surface area contributed by atoms with Crippen molar-refractivity contribution in [2.45, 2.75) is 32.9 Å². The highest BCUT2D eigenvalue weighted by atomic mass is 16.5. The number of hydrogen-bond donors (Lipinski definition) is 1. The summed E-state index contributed by atoms with van der Waals surface area (Å²) in [6.07, 6.45) is 4.94. The molecule has 20 heavy (non-hydrogen) atoms. The average Bonchev–Trinajstić information content (AvgIpc) is 2.88. The molecule has 1 aromatic carbocycles. The van der Waals surface area contributed by atoms with Crippen molar-refractivity contribution in [3.05, 3.63) is 47.8 Å². The minimum absolute atomic E-state index is 0.344. The van der Waals surface area contributed by atoms with Gasteiger partial charge in [-0.2, -0.15) is 5.10 Å². The first-order valence-electron chi connectivity index (χ1n) is 7.12. The van der Waals surface area contributed by atoms with Crippen molar-refractivity contribution in [2.75, 3.05) is 6.54 Å². The highest BCUT2D eigenvalue weighted by molar-refractivity contribution is 5.30. The maximum absolute atomic E-state index is 5.82. The second kappa shape index (κ2) is 7.10. The lowest BCUT2D eigenvalue weighted by atomic mass is 10.1. The molecule has 0 saturated heterocycles. The minimum atomic E-state index is 0.344. The molecule has 0 bridgehead atoms. The number of hydrogen-bond acceptors (Lipinski definition) is 3. The van der Waals surface area contributed by atoms with Crippen molar-refractivity contribution in [1.29, 1.82) is 0 Å². The molecule has 0 aliphatic heterocycles. The van der Waals surface area contributed by atoms with Gasteiger partial charge in [0.2, 0.25) is 0 Å². The van der Waals surface area contributed by atoms with E-state index >= 15 is 0 Å². The Morgan fingerprint density at radius 2 is 2.25 bits per heavy atom. The molecule has 0 aliphatic carbocycles. The summed E-state index contributed by atoms with van der Waals surface area (Å²) in [6, 6.07) is 8.61. The maximum Gasteiger partial charge on any atom is 0.120 e. The lowest BCUT2D eigenvalue weighted by molar-refractivity contribution is 0.305. The van der Waals surface area contributed by atoms with E-state index in [2.05, 4.69) is 36.4 Å². The number of benzene rings is 1. The van der Waals surface area contributed by atoms with E-state index in [0.29, 0.717) is 12.6 Å². The normalized spacial score (nSPS) is 12.3. The fourth-order valence-corrected chi connectivity index (χ4v) is 2.07. The van der Waals surface area contributed by atoms with Crippen molar-refractivity contribution in [3.63, 3.8) is 0 Å². The van der Waals surface area contributed by atoms with Crippen molar-refractivity contribution >= 4 is 0 Å². The third-order valence-electron chi connectivity index (χ3n) is 3.22. The Labute approximate surface area is 120 Å². The van der Waals surface area contributed by atoms with Gasteiger partial charge in [-0.25, -0.2) is 0 Å². The van der Waals surface area contributed by atoms with Gasteiger partial charge < -0.3 is 10.1 Å². The Balaban J connectivity index is 1.95. The largest absolute Gasteiger partial charge is 0.489 e. The first kappa shape index (κ1) is 14.6. The molecular weight excluding hydrogens is 250 g/mol. The van der Waals surface area contributed by atoms with Crippen molar-refractivity contribution in [1.82, 2.24) is 15.1 Å². The van der Waals surface area contributed by atoms with E-state index in [4.69, 9.17) is 4.74 Å².